The van der Waals surface area contributed by atoms with Crippen LogP contribution in [0.2, 0.25) is 5.02 Å². The number of amides is 2. The third-order valence-electron chi connectivity index (χ3n) is 3.72. The van der Waals surface area contributed by atoms with Crippen molar-refractivity contribution in [2.45, 2.75) is 6.42 Å². The monoisotopic (exact) mass is 392 g/mol. The van der Waals surface area contributed by atoms with Gasteiger partial charge in [-0.15, -0.1) is 0 Å². The van der Waals surface area contributed by atoms with E-state index in [1.807, 2.05) is 0 Å². The Morgan fingerprint density at radius 2 is 1.74 bits per heavy atom. The standard InChI is InChI=1S/C19H21ClN2O5/c1-25-13-6-4-5-12(9-13)19(24)21-8-7-18(23)22-15-11-16(26-2)14(20)10-17(15)27-3/h4-6,9-11H,7-8H2,1-3H3,(H,21,24)(H,22,23). The molecular weight excluding hydrogens is 372 g/mol. The fourth-order valence-electron chi connectivity index (χ4n) is 2.33. The second-order valence-electron chi connectivity index (χ2n) is 5.47. The molecule has 0 saturated heterocycles. The van der Waals surface area contributed by atoms with Gasteiger partial charge in [0, 0.05) is 30.7 Å². The van der Waals surface area contributed by atoms with Gasteiger partial charge >= 0.3 is 0 Å². The number of methoxy groups -OCH3 is 3. The van der Waals surface area contributed by atoms with Crippen LogP contribution in [-0.2, 0) is 4.79 Å². The van der Waals surface area contributed by atoms with Crippen LogP contribution in [0, 0.1) is 0 Å². The molecule has 0 heterocycles. The Hall–Kier alpha value is -2.93. The second-order valence-corrected chi connectivity index (χ2v) is 5.88. The molecule has 2 N–H and O–H groups in total. The van der Waals surface area contributed by atoms with Gasteiger partial charge < -0.3 is 24.8 Å². The van der Waals surface area contributed by atoms with Crippen molar-refractivity contribution in [1.82, 2.24) is 5.32 Å². The van der Waals surface area contributed by atoms with Gasteiger partial charge in [0.15, 0.2) is 0 Å². The van der Waals surface area contributed by atoms with Crippen LogP contribution >= 0.6 is 11.6 Å². The van der Waals surface area contributed by atoms with Crippen LogP contribution in [0.4, 0.5) is 5.69 Å². The van der Waals surface area contributed by atoms with Crippen LogP contribution in [0.25, 0.3) is 0 Å². The molecule has 2 amide bonds. The van der Waals surface area contributed by atoms with E-state index < -0.39 is 0 Å². The molecule has 0 atom stereocenters. The molecule has 0 aliphatic carbocycles. The summed E-state index contributed by atoms with van der Waals surface area (Å²) in [6.07, 6.45) is 0.0871. The molecule has 0 bridgehead atoms. The Kier molecular flexibility index (Phi) is 7.31. The van der Waals surface area contributed by atoms with E-state index in [1.165, 1.54) is 21.3 Å². The molecule has 0 aromatic heterocycles. The molecule has 8 heteroatoms. The second kappa shape index (κ2) is 9.68. The number of hydrogen-bond donors (Lipinski definition) is 2. The van der Waals surface area contributed by atoms with Crippen molar-refractivity contribution in [1.29, 1.82) is 0 Å². The predicted molar refractivity (Wildman–Crippen MR) is 103 cm³/mol. The fourth-order valence-corrected chi connectivity index (χ4v) is 2.56. The number of benzene rings is 2. The third-order valence-corrected chi connectivity index (χ3v) is 4.01. The smallest absolute Gasteiger partial charge is 0.251 e. The van der Waals surface area contributed by atoms with Crippen LogP contribution in [0.3, 0.4) is 0 Å². The maximum Gasteiger partial charge on any atom is 0.251 e. The maximum atomic E-state index is 12.2. The highest BCUT2D eigenvalue weighted by molar-refractivity contribution is 6.32. The summed E-state index contributed by atoms with van der Waals surface area (Å²) in [5.74, 6) is 0.842. The minimum absolute atomic E-state index is 0.0871. The van der Waals surface area contributed by atoms with Crippen molar-refractivity contribution in [2.75, 3.05) is 33.2 Å². The molecule has 0 spiro atoms. The SMILES string of the molecule is COc1cccc(C(=O)NCCC(=O)Nc2cc(OC)c(Cl)cc2OC)c1. The van der Waals surface area contributed by atoms with Crippen molar-refractivity contribution in [2.24, 2.45) is 0 Å². The Bertz CT molecular complexity index is 826. The van der Waals surface area contributed by atoms with Crippen LogP contribution in [0.1, 0.15) is 16.8 Å². The number of hydrogen-bond acceptors (Lipinski definition) is 5. The molecule has 0 aliphatic heterocycles. The zero-order valence-corrected chi connectivity index (χ0v) is 16.1. The lowest BCUT2D eigenvalue weighted by Crippen LogP contribution is -2.27. The van der Waals surface area contributed by atoms with Crippen LogP contribution in [0.5, 0.6) is 17.2 Å². The van der Waals surface area contributed by atoms with Crippen LogP contribution in [-0.4, -0.2) is 39.7 Å². The summed E-state index contributed by atoms with van der Waals surface area (Å²) in [7, 11) is 4.48. The zero-order chi connectivity index (χ0) is 19.8. The predicted octanol–water partition coefficient (Wildman–Crippen LogP) is 3.12. The lowest BCUT2D eigenvalue weighted by atomic mass is 10.2. The molecule has 7 nitrogen and oxygen atoms in total. The highest BCUT2D eigenvalue weighted by atomic mass is 35.5. The van der Waals surface area contributed by atoms with Crippen LogP contribution < -0.4 is 24.8 Å². The Labute approximate surface area is 162 Å². The molecule has 2 aromatic rings. The van der Waals surface area contributed by atoms with Gasteiger partial charge in [0.1, 0.15) is 17.2 Å². The average Bonchev–Trinajstić information content (AvgIpc) is 2.68. The van der Waals surface area contributed by atoms with Crippen molar-refractivity contribution in [3.63, 3.8) is 0 Å². The van der Waals surface area contributed by atoms with Gasteiger partial charge in [0.25, 0.3) is 5.91 Å². The van der Waals surface area contributed by atoms with E-state index in [4.69, 9.17) is 25.8 Å². The van der Waals surface area contributed by atoms with Gasteiger partial charge in [-0.3, -0.25) is 9.59 Å². The molecule has 2 aromatic carbocycles. The molecule has 0 fully saturated rings. The molecule has 0 aliphatic rings. The largest absolute Gasteiger partial charge is 0.497 e. The number of anilines is 1. The minimum atomic E-state index is -0.288. The summed E-state index contributed by atoms with van der Waals surface area (Å²) in [6, 6.07) is 9.90. The van der Waals surface area contributed by atoms with E-state index in [9.17, 15) is 9.59 Å². The van der Waals surface area contributed by atoms with E-state index in [-0.39, 0.29) is 24.8 Å². The van der Waals surface area contributed by atoms with Gasteiger partial charge in [-0.2, -0.15) is 0 Å². The molecule has 0 saturated carbocycles. The first-order chi connectivity index (χ1) is 13.0. The summed E-state index contributed by atoms with van der Waals surface area (Å²) >= 11 is 6.04. The van der Waals surface area contributed by atoms with E-state index in [1.54, 1.807) is 36.4 Å². The highest BCUT2D eigenvalue weighted by Gasteiger charge is 2.13. The maximum absolute atomic E-state index is 12.2. The number of ether oxygens (including phenoxy) is 3. The topological polar surface area (TPSA) is 85.9 Å². The van der Waals surface area contributed by atoms with E-state index >= 15 is 0 Å². The summed E-state index contributed by atoms with van der Waals surface area (Å²) in [6.45, 7) is 0.176. The van der Waals surface area contributed by atoms with E-state index in [0.29, 0.717) is 33.5 Å². The first-order valence-electron chi connectivity index (χ1n) is 8.12. The number of rotatable bonds is 8. The van der Waals surface area contributed by atoms with Gasteiger partial charge in [-0.05, 0) is 18.2 Å². The Morgan fingerprint density at radius 3 is 2.41 bits per heavy atom. The minimum Gasteiger partial charge on any atom is -0.497 e. The number of carbonyl (C=O) groups is 2. The molecule has 27 heavy (non-hydrogen) atoms. The van der Waals surface area contributed by atoms with E-state index in [0.717, 1.165) is 0 Å². The number of nitrogens with one attached hydrogen (secondary N) is 2. The summed E-state index contributed by atoms with van der Waals surface area (Å²) in [5.41, 5.74) is 0.890. The van der Waals surface area contributed by atoms with Gasteiger partial charge in [0.2, 0.25) is 5.91 Å². The lowest BCUT2D eigenvalue weighted by molar-refractivity contribution is -0.116. The van der Waals surface area contributed by atoms with Crippen molar-refractivity contribution in [3.8, 4) is 17.2 Å². The Morgan fingerprint density at radius 1 is 1.00 bits per heavy atom. The highest BCUT2D eigenvalue weighted by Crippen LogP contribution is 2.35. The molecule has 144 valence electrons. The van der Waals surface area contributed by atoms with Crippen molar-refractivity contribution in [3.05, 3.63) is 47.0 Å². The first kappa shape index (κ1) is 20.4. The van der Waals surface area contributed by atoms with E-state index in [2.05, 4.69) is 10.6 Å². The first-order valence-corrected chi connectivity index (χ1v) is 8.50. The lowest BCUT2D eigenvalue weighted by Gasteiger charge is -2.13. The van der Waals surface area contributed by atoms with Crippen LogP contribution in [0.15, 0.2) is 36.4 Å². The summed E-state index contributed by atoms with van der Waals surface area (Å²) in [5, 5.41) is 5.79. The molecule has 0 unspecified atom stereocenters. The summed E-state index contributed by atoms with van der Waals surface area (Å²) in [4.78, 5) is 24.3. The number of carbonyl (C=O) groups excluding carboxylic acids is 2. The molecule has 2 rings (SSSR count). The van der Waals surface area contributed by atoms with Gasteiger partial charge in [-0.1, -0.05) is 17.7 Å². The molecular formula is C19H21ClN2O5. The zero-order valence-electron chi connectivity index (χ0n) is 15.3. The fraction of sp³-hybridized carbons (Fsp3) is 0.263. The molecule has 0 radical (unpaired) electrons. The van der Waals surface area contributed by atoms with Crippen molar-refractivity contribution < 1.29 is 23.8 Å². The van der Waals surface area contributed by atoms with Gasteiger partial charge in [-0.25, -0.2) is 0 Å². The number of halogens is 1. The van der Waals surface area contributed by atoms with Crippen molar-refractivity contribution >= 4 is 29.1 Å². The third kappa shape index (κ3) is 5.52. The Balaban J connectivity index is 1.92. The average molecular weight is 393 g/mol. The summed E-state index contributed by atoms with van der Waals surface area (Å²) < 4.78 is 15.4. The quantitative estimate of drug-likeness (QED) is 0.720. The van der Waals surface area contributed by atoms with Gasteiger partial charge in [0.05, 0.1) is 32.0 Å². The normalized spacial score (nSPS) is 10.1.